The summed E-state index contributed by atoms with van der Waals surface area (Å²) in [6.45, 7) is 6.17. The van der Waals surface area contributed by atoms with Crippen LogP contribution in [0.5, 0.6) is 0 Å². The van der Waals surface area contributed by atoms with E-state index in [1.54, 1.807) is 0 Å². The first-order valence-electron chi connectivity index (χ1n) is 11.8. The first-order valence-corrected chi connectivity index (χ1v) is 12.3. The van der Waals surface area contributed by atoms with Crippen molar-refractivity contribution < 1.29 is 9.47 Å². The third-order valence-corrected chi connectivity index (χ3v) is 5.07. The number of unbranched alkanes of at least 4 members (excludes halogenated alkanes) is 11. The van der Waals surface area contributed by atoms with E-state index in [2.05, 4.69) is 26.0 Å². The molecular weight excluding hydrogens is 356 g/mol. The lowest BCUT2D eigenvalue weighted by Gasteiger charge is -2.18. The number of hydrogen-bond acceptors (Lipinski definition) is 2. The van der Waals surface area contributed by atoms with Gasteiger partial charge in [0.05, 0.1) is 0 Å². The van der Waals surface area contributed by atoms with Gasteiger partial charge in [0, 0.05) is 19.1 Å². The van der Waals surface area contributed by atoms with E-state index in [1.807, 2.05) is 0 Å². The zero-order chi connectivity index (χ0) is 19.8. The molecule has 0 spiro atoms. The fourth-order valence-electron chi connectivity index (χ4n) is 3.10. The van der Waals surface area contributed by atoms with Crippen LogP contribution in [0, 0.1) is 0 Å². The molecular formula is C24H47ClO2. The van der Waals surface area contributed by atoms with Crippen molar-refractivity contribution in [2.24, 2.45) is 0 Å². The number of rotatable bonds is 22. The standard InChI is InChI=1S/C24H47ClO2/c1-3-5-18-22-26-24(27-23-19-6-4-2)20-16-14-12-10-8-7-9-11-13-15-17-21-25/h13,15,24H,3-12,14,16-23H2,1-2H3/b15-13-. The summed E-state index contributed by atoms with van der Waals surface area (Å²) >= 11 is 5.65. The van der Waals surface area contributed by atoms with Crippen LogP contribution >= 0.6 is 11.6 Å². The Kier molecular flexibility index (Phi) is 23.9. The summed E-state index contributed by atoms with van der Waals surface area (Å²) in [5, 5.41) is 0. The molecule has 0 rings (SSSR count). The second kappa shape index (κ2) is 24.0. The summed E-state index contributed by atoms with van der Waals surface area (Å²) in [5.74, 6) is 0.741. The average molecular weight is 403 g/mol. The monoisotopic (exact) mass is 402 g/mol. The van der Waals surface area contributed by atoms with Crippen molar-refractivity contribution in [2.45, 2.75) is 123 Å². The lowest BCUT2D eigenvalue weighted by Crippen LogP contribution is -2.19. The van der Waals surface area contributed by atoms with Gasteiger partial charge < -0.3 is 9.47 Å². The molecule has 0 bridgehead atoms. The number of ether oxygens (including phenoxy) is 2. The summed E-state index contributed by atoms with van der Waals surface area (Å²) in [6.07, 6.45) is 24.4. The van der Waals surface area contributed by atoms with Gasteiger partial charge in [-0.3, -0.25) is 0 Å². The molecule has 0 aromatic carbocycles. The van der Waals surface area contributed by atoms with Crippen LogP contribution in [0.3, 0.4) is 0 Å². The molecule has 0 atom stereocenters. The fraction of sp³-hybridized carbons (Fsp3) is 0.917. The maximum absolute atomic E-state index is 5.99. The van der Waals surface area contributed by atoms with E-state index >= 15 is 0 Å². The Hall–Kier alpha value is -0.0500. The fourth-order valence-corrected chi connectivity index (χ4v) is 3.23. The summed E-state index contributed by atoms with van der Waals surface area (Å²) in [6, 6.07) is 0. The third-order valence-electron chi connectivity index (χ3n) is 4.86. The molecule has 0 saturated heterocycles. The molecule has 27 heavy (non-hydrogen) atoms. The van der Waals surface area contributed by atoms with Crippen LogP contribution in [0.1, 0.15) is 117 Å². The Morgan fingerprint density at radius 3 is 1.70 bits per heavy atom. The summed E-state index contributed by atoms with van der Waals surface area (Å²) in [5.41, 5.74) is 0. The summed E-state index contributed by atoms with van der Waals surface area (Å²) < 4.78 is 12.0. The van der Waals surface area contributed by atoms with E-state index in [-0.39, 0.29) is 6.29 Å². The first-order chi connectivity index (χ1) is 13.3. The second-order valence-electron chi connectivity index (χ2n) is 7.59. The highest BCUT2D eigenvalue weighted by atomic mass is 35.5. The Morgan fingerprint density at radius 1 is 0.630 bits per heavy atom. The van der Waals surface area contributed by atoms with Crippen molar-refractivity contribution >= 4 is 11.6 Å². The third kappa shape index (κ3) is 22.1. The Bertz CT molecular complexity index is 282. The Labute approximate surface area is 175 Å². The van der Waals surface area contributed by atoms with Crippen molar-refractivity contribution in [3.05, 3.63) is 12.2 Å². The maximum Gasteiger partial charge on any atom is 0.157 e. The predicted molar refractivity (Wildman–Crippen MR) is 121 cm³/mol. The number of alkyl halides is 1. The van der Waals surface area contributed by atoms with Gasteiger partial charge in [0.15, 0.2) is 6.29 Å². The molecule has 0 aliphatic carbocycles. The van der Waals surface area contributed by atoms with Gasteiger partial charge in [-0.15, -0.1) is 11.6 Å². The smallest absolute Gasteiger partial charge is 0.157 e. The highest BCUT2D eigenvalue weighted by Crippen LogP contribution is 2.14. The molecule has 0 radical (unpaired) electrons. The predicted octanol–water partition coefficient (Wildman–Crippen LogP) is 8.42. The molecule has 0 amide bonds. The van der Waals surface area contributed by atoms with Gasteiger partial charge in [-0.2, -0.15) is 0 Å². The minimum Gasteiger partial charge on any atom is -0.353 e. The van der Waals surface area contributed by atoms with E-state index in [9.17, 15) is 0 Å². The first kappa shape index (κ1) is 27.0. The number of hydrogen-bond donors (Lipinski definition) is 0. The molecule has 2 nitrogen and oxygen atoms in total. The Morgan fingerprint density at radius 2 is 1.15 bits per heavy atom. The minimum absolute atomic E-state index is 0.0264. The van der Waals surface area contributed by atoms with Gasteiger partial charge >= 0.3 is 0 Å². The molecule has 0 heterocycles. The van der Waals surface area contributed by atoms with Gasteiger partial charge in [-0.05, 0) is 44.9 Å². The molecule has 0 saturated carbocycles. The van der Waals surface area contributed by atoms with Crippen molar-refractivity contribution in [3.63, 3.8) is 0 Å². The highest BCUT2D eigenvalue weighted by molar-refractivity contribution is 6.17. The van der Waals surface area contributed by atoms with Gasteiger partial charge in [0.25, 0.3) is 0 Å². The molecule has 0 aromatic heterocycles. The van der Waals surface area contributed by atoms with Gasteiger partial charge in [-0.1, -0.05) is 83.8 Å². The van der Waals surface area contributed by atoms with E-state index in [0.29, 0.717) is 0 Å². The molecule has 0 unspecified atom stereocenters. The summed E-state index contributed by atoms with van der Waals surface area (Å²) in [4.78, 5) is 0. The lowest BCUT2D eigenvalue weighted by molar-refractivity contribution is -0.148. The number of allylic oxidation sites excluding steroid dienone is 2. The van der Waals surface area contributed by atoms with Crippen LogP contribution in [-0.4, -0.2) is 25.4 Å². The molecule has 3 heteroatoms. The summed E-state index contributed by atoms with van der Waals surface area (Å²) in [7, 11) is 0. The Balaban J connectivity index is 3.60. The highest BCUT2D eigenvalue weighted by Gasteiger charge is 2.09. The van der Waals surface area contributed by atoms with E-state index in [0.717, 1.165) is 44.8 Å². The van der Waals surface area contributed by atoms with Crippen molar-refractivity contribution in [2.75, 3.05) is 19.1 Å². The van der Waals surface area contributed by atoms with Crippen LogP contribution in [0.4, 0.5) is 0 Å². The maximum atomic E-state index is 5.99. The van der Waals surface area contributed by atoms with Crippen molar-refractivity contribution in [3.8, 4) is 0 Å². The SMILES string of the molecule is CCCCCOC(CCCCCCCCC/C=C\CCCl)OCCCCC. The van der Waals surface area contributed by atoms with Gasteiger partial charge in [0.2, 0.25) is 0 Å². The molecule has 0 aliphatic heterocycles. The molecule has 162 valence electrons. The van der Waals surface area contributed by atoms with Crippen molar-refractivity contribution in [1.82, 2.24) is 0 Å². The van der Waals surface area contributed by atoms with Gasteiger partial charge in [0.1, 0.15) is 0 Å². The zero-order valence-corrected chi connectivity index (χ0v) is 19.1. The van der Waals surface area contributed by atoms with Crippen LogP contribution in [0.25, 0.3) is 0 Å². The largest absolute Gasteiger partial charge is 0.353 e. The van der Waals surface area contributed by atoms with Crippen LogP contribution in [-0.2, 0) is 9.47 Å². The molecule has 0 fully saturated rings. The molecule has 0 aliphatic rings. The van der Waals surface area contributed by atoms with E-state index in [1.165, 1.54) is 77.0 Å². The van der Waals surface area contributed by atoms with Gasteiger partial charge in [-0.25, -0.2) is 0 Å². The topological polar surface area (TPSA) is 18.5 Å². The molecule has 0 N–H and O–H groups in total. The van der Waals surface area contributed by atoms with Crippen molar-refractivity contribution in [1.29, 1.82) is 0 Å². The quantitative estimate of drug-likeness (QED) is 0.0782. The molecule has 0 aromatic rings. The number of halogens is 1. The van der Waals surface area contributed by atoms with Crippen LogP contribution < -0.4 is 0 Å². The van der Waals surface area contributed by atoms with Crippen LogP contribution in [0.15, 0.2) is 12.2 Å². The van der Waals surface area contributed by atoms with Crippen LogP contribution in [0.2, 0.25) is 0 Å². The second-order valence-corrected chi connectivity index (χ2v) is 7.96. The normalized spacial score (nSPS) is 11.9. The lowest BCUT2D eigenvalue weighted by atomic mass is 10.1. The minimum atomic E-state index is 0.0264. The van der Waals surface area contributed by atoms with E-state index in [4.69, 9.17) is 21.1 Å². The van der Waals surface area contributed by atoms with E-state index < -0.39 is 0 Å². The zero-order valence-electron chi connectivity index (χ0n) is 18.4. The average Bonchev–Trinajstić information content (AvgIpc) is 2.68.